The van der Waals surface area contributed by atoms with Gasteiger partial charge in [0, 0.05) is 32.2 Å². The van der Waals surface area contributed by atoms with Crippen molar-refractivity contribution in [1.29, 1.82) is 0 Å². The smallest absolute Gasteiger partial charge is 0.257 e. The molecule has 1 aromatic carbocycles. The number of nitrogens with one attached hydrogen (secondary N) is 1. The molecule has 0 aliphatic heterocycles. The number of aromatic nitrogens is 2. The van der Waals surface area contributed by atoms with Gasteiger partial charge in [0.1, 0.15) is 4.21 Å². The lowest BCUT2D eigenvalue weighted by Crippen LogP contribution is -2.22. The second-order valence-electron chi connectivity index (χ2n) is 6.72. The largest absolute Gasteiger partial charge is 0.420 e. The Morgan fingerprint density at radius 1 is 1.15 bits per heavy atom. The van der Waals surface area contributed by atoms with Crippen molar-refractivity contribution in [2.75, 3.05) is 19.0 Å². The molecule has 0 radical (unpaired) electrons. The van der Waals surface area contributed by atoms with Crippen LogP contribution in [0, 0.1) is 0 Å². The molecule has 1 saturated carbocycles. The molecule has 0 amide bonds. The third-order valence-electron chi connectivity index (χ3n) is 4.34. The number of anilines is 1. The van der Waals surface area contributed by atoms with E-state index in [0.717, 1.165) is 35.4 Å². The highest BCUT2D eigenvalue weighted by atomic mass is 32.2. The molecule has 2 aromatic heterocycles. The maximum absolute atomic E-state index is 12.6. The molecule has 0 unspecified atom stereocenters. The molecule has 0 bridgehead atoms. The van der Waals surface area contributed by atoms with Gasteiger partial charge in [-0.2, -0.15) is 0 Å². The van der Waals surface area contributed by atoms with E-state index in [4.69, 9.17) is 4.42 Å². The van der Waals surface area contributed by atoms with Gasteiger partial charge in [-0.1, -0.05) is 12.1 Å². The Morgan fingerprint density at radius 2 is 1.89 bits per heavy atom. The van der Waals surface area contributed by atoms with Crippen LogP contribution in [-0.4, -0.2) is 32.7 Å². The minimum Gasteiger partial charge on any atom is -0.420 e. The quantitative estimate of drug-likeness (QED) is 0.650. The SMILES string of the molecule is CN(C)c1ccc(CNS(=O)(=O)c2ccc(-c3nnc(C4CC4)o3)s2)cc1. The molecule has 7 nitrogen and oxygen atoms in total. The van der Waals surface area contributed by atoms with Crippen LogP contribution in [0.3, 0.4) is 0 Å². The third kappa shape index (κ3) is 4.05. The summed E-state index contributed by atoms with van der Waals surface area (Å²) in [5, 5.41) is 8.08. The van der Waals surface area contributed by atoms with Gasteiger partial charge in [0.2, 0.25) is 15.9 Å². The molecule has 0 spiro atoms. The average Bonchev–Trinajstić information content (AvgIpc) is 3.18. The van der Waals surface area contributed by atoms with Crippen molar-refractivity contribution >= 4 is 27.0 Å². The fourth-order valence-electron chi connectivity index (χ4n) is 2.57. The van der Waals surface area contributed by atoms with Gasteiger partial charge in [0.15, 0.2) is 0 Å². The van der Waals surface area contributed by atoms with Crippen molar-refractivity contribution in [3.8, 4) is 10.8 Å². The zero-order chi connectivity index (χ0) is 19.0. The molecule has 9 heteroatoms. The highest BCUT2D eigenvalue weighted by molar-refractivity contribution is 7.91. The van der Waals surface area contributed by atoms with Crippen molar-refractivity contribution in [2.45, 2.75) is 29.5 Å². The third-order valence-corrected chi connectivity index (χ3v) is 7.31. The molecular weight excluding hydrogens is 384 g/mol. The summed E-state index contributed by atoms with van der Waals surface area (Å²) in [5.41, 5.74) is 1.96. The summed E-state index contributed by atoms with van der Waals surface area (Å²) in [6.45, 7) is 0.232. The minimum atomic E-state index is -3.60. The van der Waals surface area contributed by atoms with E-state index < -0.39 is 10.0 Å². The van der Waals surface area contributed by atoms with Crippen LogP contribution in [0.25, 0.3) is 10.8 Å². The van der Waals surface area contributed by atoms with E-state index in [-0.39, 0.29) is 10.8 Å². The number of rotatable bonds is 7. The topological polar surface area (TPSA) is 88.3 Å². The van der Waals surface area contributed by atoms with Crippen LogP contribution in [0.2, 0.25) is 0 Å². The summed E-state index contributed by atoms with van der Waals surface area (Å²) in [6.07, 6.45) is 2.15. The van der Waals surface area contributed by atoms with Gasteiger partial charge in [-0.05, 0) is 42.7 Å². The number of benzene rings is 1. The Kier molecular flexibility index (Phi) is 4.75. The molecule has 1 fully saturated rings. The molecule has 1 aliphatic carbocycles. The first kappa shape index (κ1) is 18.1. The summed E-state index contributed by atoms with van der Waals surface area (Å²) in [4.78, 5) is 2.65. The first-order valence-electron chi connectivity index (χ1n) is 8.62. The predicted molar refractivity (Wildman–Crippen MR) is 104 cm³/mol. The zero-order valence-electron chi connectivity index (χ0n) is 15.0. The lowest BCUT2D eigenvalue weighted by molar-refractivity contribution is 0.509. The van der Waals surface area contributed by atoms with E-state index >= 15 is 0 Å². The van der Waals surface area contributed by atoms with Gasteiger partial charge in [-0.15, -0.1) is 21.5 Å². The molecule has 27 heavy (non-hydrogen) atoms. The molecule has 142 valence electrons. The molecule has 1 N–H and O–H groups in total. The number of sulfonamides is 1. The second kappa shape index (κ2) is 7.06. The van der Waals surface area contributed by atoms with Crippen molar-refractivity contribution in [2.24, 2.45) is 0 Å². The summed E-state index contributed by atoms with van der Waals surface area (Å²) in [7, 11) is 0.322. The van der Waals surface area contributed by atoms with Crippen LogP contribution >= 0.6 is 11.3 Å². The van der Waals surface area contributed by atoms with Crippen molar-refractivity contribution in [3.05, 3.63) is 47.9 Å². The Morgan fingerprint density at radius 3 is 2.56 bits per heavy atom. The van der Waals surface area contributed by atoms with Crippen LogP contribution in [0.1, 0.15) is 30.2 Å². The Balaban J connectivity index is 1.44. The maximum atomic E-state index is 12.6. The Bertz CT molecular complexity index is 1030. The van der Waals surface area contributed by atoms with E-state index in [0.29, 0.717) is 22.6 Å². The van der Waals surface area contributed by atoms with E-state index in [1.165, 1.54) is 0 Å². The maximum Gasteiger partial charge on any atom is 0.257 e. The van der Waals surface area contributed by atoms with Gasteiger partial charge in [-0.25, -0.2) is 13.1 Å². The summed E-state index contributed by atoms with van der Waals surface area (Å²) >= 11 is 1.13. The molecule has 3 aromatic rings. The monoisotopic (exact) mass is 404 g/mol. The number of thiophene rings is 1. The molecule has 2 heterocycles. The number of hydrogen-bond donors (Lipinski definition) is 1. The fourth-order valence-corrected chi connectivity index (χ4v) is 4.86. The summed E-state index contributed by atoms with van der Waals surface area (Å²) in [6, 6.07) is 11.0. The van der Waals surface area contributed by atoms with Crippen LogP contribution < -0.4 is 9.62 Å². The molecule has 0 saturated heterocycles. The normalized spacial score (nSPS) is 14.4. The predicted octanol–water partition coefficient (Wildman–Crippen LogP) is 3.22. The molecule has 0 atom stereocenters. The van der Waals surface area contributed by atoms with Gasteiger partial charge >= 0.3 is 0 Å². The zero-order valence-corrected chi connectivity index (χ0v) is 16.7. The van der Waals surface area contributed by atoms with Gasteiger partial charge in [0.25, 0.3) is 5.89 Å². The highest BCUT2D eigenvalue weighted by Gasteiger charge is 2.30. The van der Waals surface area contributed by atoms with E-state index in [1.54, 1.807) is 12.1 Å². The lowest BCUT2D eigenvalue weighted by atomic mass is 10.2. The van der Waals surface area contributed by atoms with Crippen LogP contribution in [0.5, 0.6) is 0 Å². The second-order valence-corrected chi connectivity index (χ2v) is 9.80. The van der Waals surface area contributed by atoms with Crippen molar-refractivity contribution in [3.63, 3.8) is 0 Å². The minimum absolute atomic E-state index is 0.230. The van der Waals surface area contributed by atoms with E-state index in [2.05, 4.69) is 14.9 Å². The molecular formula is C18H20N4O3S2. The molecule has 1 aliphatic rings. The first-order chi connectivity index (χ1) is 12.9. The number of nitrogens with zero attached hydrogens (tertiary/aromatic N) is 3. The Labute approximate surface area is 162 Å². The number of hydrogen-bond acceptors (Lipinski definition) is 7. The first-order valence-corrected chi connectivity index (χ1v) is 10.9. The van der Waals surface area contributed by atoms with Gasteiger partial charge in [-0.3, -0.25) is 0 Å². The van der Waals surface area contributed by atoms with E-state index in [1.807, 2.05) is 43.3 Å². The Hall–Kier alpha value is -2.23. The lowest BCUT2D eigenvalue weighted by Gasteiger charge is -2.12. The fraction of sp³-hybridized carbons (Fsp3) is 0.333. The van der Waals surface area contributed by atoms with E-state index in [9.17, 15) is 8.42 Å². The summed E-state index contributed by atoms with van der Waals surface area (Å²) < 4.78 is 33.7. The van der Waals surface area contributed by atoms with Crippen molar-refractivity contribution < 1.29 is 12.8 Å². The standard InChI is InChI=1S/C18H20N4O3S2/c1-22(2)14-7-3-12(4-8-14)11-19-27(23,24)16-10-9-15(26-16)18-21-20-17(25-18)13-5-6-13/h3-4,7-10,13,19H,5-6,11H2,1-2H3. The molecule has 4 rings (SSSR count). The van der Waals surface area contributed by atoms with Crippen LogP contribution in [-0.2, 0) is 16.6 Å². The summed E-state index contributed by atoms with van der Waals surface area (Å²) in [5.74, 6) is 1.39. The van der Waals surface area contributed by atoms with Gasteiger partial charge < -0.3 is 9.32 Å². The van der Waals surface area contributed by atoms with Gasteiger partial charge in [0.05, 0.1) is 4.88 Å². The highest BCUT2D eigenvalue weighted by Crippen LogP contribution is 2.40. The average molecular weight is 405 g/mol. The van der Waals surface area contributed by atoms with Crippen LogP contribution in [0.15, 0.2) is 45.0 Å². The van der Waals surface area contributed by atoms with Crippen LogP contribution in [0.4, 0.5) is 5.69 Å². The van der Waals surface area contributed by atoms with Crippen molar-refractivity contribution in [1.82, 2.24) is 14.9 Å².